The van der Waals surface area contributed by atoms with E-state index in [9.17, 15) is 0 Å². The van der Waals surface area contributed by atoms with Gasteiger partial charge in [0.25, 0.3) is 0 Å². The van der Waals surface area contributed by atoms with E-state index in [1.807, 2.05) is 0 Å². The Kier molecular flexibility index (Phi) is 5.08. The molecule has 1 N–H and O–H groups in total. The summed E-state index contributed by atoms with van der Waals surface area (Å²) in [6.45, 7) is 12.2. The first-order valence-corrected chi connectivity index (χ1v) is 8.10. The molecule has 0 aromatic heterocycles. The Bertz CT molecular complexity index is 234. The summed E-state index contributed by atoms with van der Waals surface area (Å²) in [5.74, 6) is 1.02. The molecule has 106 valence electrons. The third-order valence-corrected chi connectivity index (χ3v) is 4.80. The van der Waals surface area contributed by atoms with E-state index in [2.05, 4.69) is 31.0 Å². The van der Waals surface area contributed by atoms with Crippen LogP contribution < -0.4 is 5.32 Å². The van der Waals surface area contributed by atoms with Crippen LogP contribution in [0.3, 0.4) is 0 Å². The van der Waals surface area contributed by atoms with Crippen molar-refractivity contribution in [1.82, 2.24) is 10.2 Å². The van der Waals surface area contributed by atoms with Gasteiger partial charge >= 0.3 is 0 Å². The van der Waals surface area contributed by atoms with Crippen LogP contribution in [-0.4, -0.2) is 37.1 Å². The number of nitrogens with one attached hydrogen (secondary N) is 1. The highest BCUT2D eigenvalue weighted by molar-refractivity contribution is 4.90. The second kappa shape index (κ2) is 6.38. The van der Waals surface area contributed by atoms with E-state index in [1.165, 1.54) is 64.7 Å². The molecule has 0 aromatic carbocycles. The minimum absolute atomic E-state index is 0.562. The fourth-order valence-corrected chi connectivity index (χ4v) is 3.51. The highest BCUT2D eigenvalue weighted by Crippen LogP contribution is 2.36. The quantitative estimate of drug-likeness (QED) is 0.748. The van der Waals surface area contributed by atoms with Crippen LogP contribution in [-0.2, 0) is 0 Å². The smallest absolute Gasteiger partial charge is 0.00530 e. The monoisotopic (exact) mass is 252 g/mol. The van der Waals surface area contributed by atoms with Gasteiger partial charge in [0.2, 0.25) is 0 Å². The molecule has 2 fully saturated rings. The van der Waals surface area contributed by atoms with Crippen molar-refractivity contribution in [2.75, 3.05) is 26.2 Å². The molecule has 1 heterocycles. The van der Waals surface area contributed by atoms with Crippen LogP contribution >= 0.6 is 0 Å². The Morgan fingerprint density at radius 1 is 1.33 bits per heavy atom. The topological polar surface area (TPSA) is 15.3 Å². The van der Waals surface area contributed by atoms with Crippen LogP contribution in [0.15, 0.2) is 0 Å². The molecule has 1 aliphatic heterocycles. The summed E-state index contributed by atoms with van der Waals surface area (Å²) in [6, 6.07) is 0.709. The Morgan fingerprint density at radius 2 is 2.11 bits per heavy atom. The molecule has 2 aliphatic rings. The van der Waals surface area contributed by atoms with Gasteiger partial charge in [0, 0.05) is 25.7 Å². The largest absolute Gasteiger partial charge is 0.316 e. The molecule has 2 nitrogen and oxygen atoms in total. The maximum atomic E-state index is 3.65. The summed E-state index contributed by atoms with van der Waals surface area (Å²) in [4.78, 5) is 2.76. The minimum Gasteiger partial charge on any atom is -0.316 e. The van der Waals surface area contributed by atoms with Gasteiger partial charge in [-0.3, -0.25) is 0 Å². The summed E-state index contributed by atoms with van der Waals surface area (Å²) >= 11 is 0. The highest BCUT2D eigenvalue weighted by Gasteiger charge is 2.35. The average molecular weight is 252 g/mol. The second-order valence-electron chi connectivity index (χ2n) is 7.00. The molecule has 0 radical (unpaired) electrons. The van der Waals surface area contributed by atoms with Crippen LogP contribution in [0, 0.1) is 11.3 Å². The lowest BCUT2D eigenvalue weighted by Crippen LogP contribution is -2.49. The maximum absolute atomic E-state index is 3.65. The SMILES string of the molecule is CCCC1(CN(CC2CC2)C(C)C)CCCNC1. The molecule has 2 heteroatoms. The van der Waals surface area contributed by atoms with E-state index in [1.54, 1.807) is 0 Å². The predicted octanol–water partition coefficient (Wildman–Crippen LogP) is 3.28. The van der Waals surface area contributed by atoms with Gasteiger partial charge in [-0.25, -0.2) is 0 Å². The number of hydrogen-bond acceptors (Lipinski definition) is 2. The van der Waals surface area contributed by atoms with Gasteiger partial charge in [-0.1, -0.05) is 13.3 Å². The lowest BCUT2D eigenvalue weighted by Gasteiger charge is -2.43. The zero-order valence-corrected chi connectivity index (χ0v) is 12.7. The Labute approximate surface area is 114 Å². The molecule has 1 unspecified atom stereocenters. The number of nitrogens with zero attached hydrogens (tertiary/aromatic N) is 1. The first-order valence-electron chi connectivity index (χ1n) is 8.10. The lowest BCUT2D eigenvalue weighted by atomic mass is 9.76. The summed E-state index contributed by atoms with van der Waals surface area (Å²) in [6.07, 6.45) is 8.48. The van der Waals surface area contributed by atoms with Crippen LogP contribution in [0.4, 0.5) is 0 Å². The molecule has 18 heavy (non-hydrogen) atoms. The van der Waals surface area contributed by atoms with Crippen LogP contribution in [0.2, 0.25) is 0 Å². The third kappa shape index (κ3) is 3.96. The van der Waals surface area contributed by atoms with Crippen molar-refractivity contribution < 1.29 is 0 Å². The lowest BCUT2D eigenvalue weighted by molar-refractivity contribution is 0.0831. The van der Waals surface area contributed by atoms with E-state index in [-0.39, 0.29) is 0 Å². The van der Waals surface area contributed by atoms with Gasteiger partial charge < -0.3 is 10.2 Å². The molecule has 2 rings (SSSR count). The van der Waals surface area contributed by atoms with E-state index < -0.39 is 0 Å². The summed E-state index contributed by atoms with van der Waals surface area (Å²) in [7, 11) is 0. The molecule has 1 saturated heterocycles. The van der Waals surface area contributed by atoms with Crippen molar-refractivity contribution in [3.8, 4) is 0 Å². The first-order chi connectivity index (χ1) is 8.65. The highest BCUT2D eigenvalue weighted by atomic mass is 15.2. The Hall–Kier alpha value is -0.0800. The summed E-state index contributed by atoms with van der Waals surface area (Å²) in [5.41, 5.74) is 0.562. The number of hydrogen-bond donors (Lipinski definition) is 1. The Balaban J connectivity index is 1.95. The average Bonchev–Trinajstić information content (AvgIpc) is 3.13. The molecular weight excluding hydrogens is 220 g/mol. The van der Waals surface area contributed by atoms with Crippen molar-refractivity contribution in [3.63, 3.8) is 0 Å². The van der Waals surface area contributed by atoms with Crippen molar-refractivity contribution in [1.29, 1.82) is 0 Å². The maximum Gasteiger partial charge on any atom is 0.00530 e. The van der Waals surface area contributed by atoms with Crippen LogP contribution in [0.5, 0.6) is 0 Å². The van der Waals surface area contributed by atoms with Crippen LogP contribution in [0.1, 0.15) is 59.3 Å². The number of rotatable bonds is 7. The van der Waals surface area contributed by atoms with Gasteiger partial charge in [-0.15, -0.1) is 0 Å². The fourth-order valence-electron chi connectivity index (χ4n) is 3.51. The molecular formula is C16H32N2. The molecule has 0 aromatic rings. The molecule has 0 bridgehead atoms. The first kappa shape index (κ1) is 14.3. The molecule has 0 amide bonds. The minimum atomic E-state index is 0.562. The van der Waals surface area contributed by atoms with Gasteiger partial charge in [0.1, 0.15) is 0 Å². The fraction of sp³-hybridized carbons (Fsp3) is 1.00. The van der Waals surface area contributed by atoms with Crippen molar-refractivity contribution in [3.05, 3.63) is 0 Å². The Morgan fingerprint density at radius 3 is 2.61 bits per heavy atom. The molecule has 1 saturated carbocycles. The molecule has 1 atom stereocenters. The third-order valence-electron chi connectivity index (χ3n) is 4.80. The normalized spacial score (nSPS) is 29.2. The molecule has 0 spiro atoms. The van der Waals surface area contributed by atoms with Crippen molar-refractivity contribution in [2.24, 2.45) is 11.3 Å². The standard InChI is InChI=1S/C16H32N2/c1-4-8-16(9-5-10-17-12-16)13-18(14(2)3)11-15-6-7-15/h14-15,17H,4-13H2,1-3H3. The number of piperidine rings is 1. The molecule has 1 aliphatic carbocycles. The van der Waals surface area contributed by atoms with Crippen molar-refractivity contribution in [2.45, 2.75) is 65.3 Å². The van der Waals surface area contributed by atoms with Crippen LogP contribution in [0.25, 0.3) is 0 Å². The van der Waals surface area contributed by atoms with E-state index in [4.69, 9.17) is 0 Å². The predicted molar refractivity (Wildman–Crippen MR) is 78.9 cm³/mol. The van der Waals surface area contributed by atoms with Crippen molar-refractivity contribution >= 4 is 0 Å². The summed E-state index contributed by atoms with van der Waals surface area (Å²) < 4.78 is 0. The van der Waals surface area contributed by atoms with E-state index in [0.29, 0.717) is 11.5 Å². The van der Waals surface area contributed by atoms with E-state index >= 15 is 0 Å². The zero-order chi connectivity index (χ0) is 13.0. The van der Waals surface area contributed by atoms with Gasteiger partial charge in [0.05, 0.1) is 0 Å². The zero-order valence-electron chi connectivity index (χ0n) is 12.7. The summed E-state index contributed by atoms with van der Waals surface area (Å²) in [5, 5.41) is 3.65. The van der Waals surface area contributed by atoms with Gasteiger partial charge in [0.15, 0.2) is 0 Å². The second-order valence-corrected chi connectivity index (χ2v) is 7.00. The van der Waals surface area contributed by atoms with E-state index in [0.717, 1.165) is 5.92 Å². The van der Waals surface area contributed by atoms with Gasteiger partial charge in [-0.2, -0.15) is 0 Å². The van der Waals surface area contributed by atoms with Gasteiger partial charge in [-0.05, 0) is 63.8 Å².